The highest BCUT2D eigenvalue weighted by atomic mass is 19.4. The minimum Gasteiger partial charge on any atom is -0.400 e. The second-order valence-corrected chi connectivity index (χ2v) is 3.03. The van der Waals surface area contributed by atoms with E-state index < -0.39 is 17.9 Å². The summed E-state index contributed by atoms with van der Waals surface area (Å²) < 4.78 is 52.6. The van der Waals surface area contributed by atoms with Crippen LogP contribution in [0.15, 0.2) is 18.2 Å². The average Bonchev–Trinajstić information content (AvgIpc) is 2.05. The van der Waals surface area contributed by atoms with E-state index >= 15 is 0 Å². The lowest BCUT2D eigenvalue weighted by molar-refractivity contribution is -0.275. The summed E-state index contributed by atoms with van der Waals surface area (Å²) in [5, 5.41) is 0. The lowest BCUT2D eigenvalue weighted by atomic mass is 10.2. The highest BCUT2D eigenvalue weighted by molar-refractivity contribution is 5.58. The van der Waals surface area contributed by atoms with Crippen molar-refractivity contribution in [3.8, 4) is 5.75 Å². The number of benzene rings is 1. The van der Waals surface area contributed by atoms with Crippen molar-refractivity contribution in [2.75, 3.05) is 19.0 Å². The number of hydrogen-bond acceptors (Lipinski definition) is 2. The van der Waals surface area contributed by atoms with Crippen LogP contribution in [0.1, 0.15) is 0 Å². The van der Waals surface area contributed by atoms with Crippen molar-refractivity contribution in [2.24, 2.45) is 0 Å². The van der Waals surface area contributed by atoms with E-state index in [0.29, 0.717) is 0 Å². The maximum absolute atomic E-state index is 13.1. The molecule has 1 aromatic carbocycles. The molecule has 0 amide bonds. The molecule has 0 unspecified atom stereocenters. The largest absolute Gasteiger partial charge is 0.573 e. The molecule has 1 rings (SSSR count). The molecule has 0 atom stereocenters. The second kappa shape index (κ2) is 3.96. The first kappa shape index (κ1) is 11.6. The van der Waals surface area contributed by atoms with E-state index in [9.17, 15) is 17.6 Å². The van der Waals surface area contributed by atoms with Crippen LogP contribution in [0.25, 0.3) is 0 Å². The Morgan fingerprint density at radius 2 is 1.80 bits per heavy atom. The van der Waals surface area contributed by atoms with Gasteiger partial charge in [0.15, 0.2) is 11.6 Å². The first-order valence-corrected chi connectivity index (χ1v) is 4.03. The quantitative estimate of drug-likeness (QED) is 0.715. The summed E-state index contributed by atoms with van der Waals surface area (Å²) in [4.78, 5) is 1.34. The fourth-order valence-corrected chi connectivity index (χ4v) is 1.07. The van der Waals surface area contributed by atoms with Gasteiger partial charge in [0, 0.05) is 14.1 Å². The molecule has 0 aliphatic heterocycles. The molecule has 0 bridgehead atoms. The number of para-hydroxylation sites is 1. The molecule has 0 N–H and O–H groups in total. The van der Waals surface area contributed by atoms with Crippen molar-refractivity contribution in [1.29, 1.82) is 0 Å². The first-order valence-electron chi connectivity index (χ1n) is 4.03. The Balaban J connectivity index is 3.14. The van der Waals surface area contributed by atoms with Crippen LogP contribution < -0.4 is 9.64 Å². The number of alkyl halides is 3. The molecule has 6 heteroatoms. The van der Waals surface area contributed by atoms with Crippen molar-refractivity contribution >= 4 is 5.69 Å². The first-order chi connectivity index (χ1) is 6.81. The standard InChI is InChI=1S/C9H9F4NO/c1-14(2)7-5-3-4-6(10)8(7)15-9(11,12)13/h3-5H,1-2H3. The van der Waals surface area contributed by atoms with Crippen LogP contribution in [-0.2, 0) is 0 Å². The zero-order valence-electron chi connectivity index (χ0n) is 8.10. The molecule has 0 fully saturated rings. The summed E-state index contributed by atoms with van der Waals surface area (Å²) in [6.07, 6.45) is -4.90. The van der Waals surface area contributed by atoms with E-state index in [-0.39, 0.29) is 5.69 Å². The van der Waals surface area contributed by atoms with Crippen LogP contribution in [0.4, 0.5) is 23.2 Å². The Morgan fingerprint density at radius 1 is 1.20 bits per heavy atom. The molecule has 0 aliphatic rings. The lowest BCUT2D eigenvalue weighted by Gasteiger charge is -2.18. The van der Waals surface area contributed by atoms with Crippen LogP contribution in [0.2, 0.25) is 0 Å². The van der Waals surface area contributed by atoms with Gasteiger partial charge in [-0.15, -0.1) is 13.2 Å². The molecular formula is C9H9F4NO. The minimum absolute atomic E-state index is 0.0346. The Labute approximate surface area is 84.1 Å². The third-order valence-corrected chi connectivity index (χ3v) is 1.65. The van der Waals surface area contributed by atoms with Gasteiger partial charge in [-0.2, -0.15) is 0 Å². The fourth-order valence-electron chi connectivity index (χ4n) is 1.07. The van der Waals surface area contributed by atoms with Gasteiger partial charge in [0.2, 0.25) is 0 Å². The Bertz CT molecular complexity index is 348. The van der Waals surface area contributed by atoms with E-state index in [1.54, 1.807) is 0 Å². The summed E-state index contributed by atoms with van der Waals surface area (Å²) in [7, 11) is 3.00. The van der Waals surface area contributed by atoms with Gasteiger partial charge < -0.3 is 9.64 Å². The molecular weight excluding hydrogens is 214 g/mol. The predicted octanol–water partition coefficient (Wildman–Crippen LogP) is 2.79. The van der Waals surface area contributed by atoms with E-state index in [2.05, 4.69) is 4.74 Å². The van der Waals surface area contributed by atoms with Gasteiger partial charge in [0.25, 0.3) is 0 Å². The molecule has 84 valence electrons. The van der Waals surface area contributed by atoms with Crippen LogP contribution in [0, 0.1) is 5.82 Å². The van der Waals surface area contributed by atoms with E-state index in [1.165, 1.54) is 31.1 Å². The number of halogens is 4. The maximum Gasteiger partial charge on any atom is 0.573 e. The molecule has 0 saturated carbocycles. The molecule has 0 radical (unpaired) electrons. The maximum atomic E-state index is 13.1. The van der Waals surface area contributed by atoms with Crippen molar-refractivity contribution < 1.29 is 22.3 Å². The normalized spacial score (nSPS) is 11.3. The molecule has 0 aliphatic carbocycles. The zero-order valence-corrected chi connectivity index (χ0v) is 8.10. The van der Waals surface area contributed by atoms with E-state index in [4.69, 9.17) is 0 Å². The minimum atomic E-state index is -4.90. The van der Waals surface area contributed by atoms with Crippen molar-refractivity contribution in [1.82, 2.24) is 0 Å². The van der Waals surface area contributed by atoms with Crippen molar-refractivity contribution in [3.63, 3.8) is 0 Å². The van der Waals surface area contributed by atoms with Crippen molar-refractivity contribution in [2.45, 2.75) is 6.36 Å². The van der Waals surface area contributed by atoms with Crippen LogP contribution in [-0.4, -0.2) is 20.5 Å². The number of hydrogen-bond donors (Lipinski definition) is 0. The molecule has 0 heterocycles. The topological polar surface area (TPSA) is 12.5 Å². The number of ether oxygens (including phenoxy) is 1. The number of anilines is 1. The molecule has 2 nitrogen and oxygen atoms in total. The average molecular weight is 223 g/mol. The number of nitrogens with zero attached hydrogens (tertiary/aromatic N) is 1. The Hall–Kier alpha value is -1.46. The highest BCUT2D eigenvalue weighted by Crippen LogP contribution is 2.34. The monoisotopic (exact) mass is 223 g/mol. The summed E-state index contributed by atoms with van der Waals surface area (Å²) in [6, 6.07) is 3.56. The second-order valence-electron chi connectivity index (χ2n) is 3.03. The lowest BCUT2D eigenvalue weighted by Crippen LogP contribution is -2.20. The van der Waals surface area contributed by atoms with Crippen molar-refractivity contribution in [3.05, 3.63) is 24.0 Å². The third-order valence-electron chi connectivity index (χ3n) is 1.65. The van der Waals surface area contributed by atoms with Gasteiger partial charge in [-0.25, -0.2) is 4.39 Å². The third kappa shape index (κ3) is 3.00. The smallest absolute Gasteiger partial charge is 0.400 e. The summed E-state index contributed by atoms with van der Waals surface area (Å²) in [6.45, 7) is 0. The SMILES string of the molecule is CN(C)c1cccc(F)c1OC(F)(F)F. The van der Waals surface area contributed by atoms with Gasteiger partial charge in [-0.1, -0.05) is 6.07 Å². The molecule has 0 saturated heterocycles. The predicted molar refractivity (Wildman–Crippen MR) is 47.4 cm³/mol. The van der Waals surface area contributed by atoms with E-state index in [0.717, 1.165) is 6.07 Å². The highest BCUT2D eigenvalue weighted by Gasteiger charge is 2.33. The van der Waals surface area contributed by atoms with Gasteiger partial charge in [-0.3, -0.25) is 0 Å². The van der Waals surface area contributed by atoms with Crippen LogP contribution in [0.5, 0.6) is 5.75 Å². The molecule has 0 spiro atoms. The van der Waals surface area contributed by atoms with Crippen LogP contribution >= 0.6 is 0 Å². The Kier molecular flexibility index (Phi) is 3.06. The van der Waals surface area contributed by atoms with Gasteiger partial charge in [0.1, 0.15) is 0 Å². The Morgan fingerprint density at radius 3 is 2.27 bits per heavy atom. The molecule has 1 aromatic rings. The van der Waals surface area contributed by atoms with E-state index in [1.807, 2.05) is 0 Å². The fraction of sp³-hybridized carbons (Fsp3) is 0.333. The number of rotatable bonds is 2. The zero-order chi connectivity index (χ0) is 11.6. The van der Waals surface area contributed by atoms with Gasteiger partial charge in [-0.05, 0) is 12.1 Å². The summed E-state index contributed by atoms with van der Waals surface area (Å²) >= 11 is 0. The molecule has 15 heavy (non-hydrogen) atoms. The molecule has 0 aromatic heterocycles. The van der Waals surface area contributed by atoms with Gasteiger partial charge in [0.05, 0.1) is 5.69 Å². The summed E-state index contributed by atoms with van der Waals surface area (Å²) in [5.41, 5.74) is 0.0346. The summed E-state index contributed by atoms with van der Waals surface area (Å²) in [5.74, 6) is -1.85. The van der Waals surface area contributed by atoms with Crippen LogP contribution in [0.3, 0.4) is 0 Å². The van der Waals surface area contributed by atoms with Gasteiger partial charge >= 0.3 is 6.36 Å².